The number of benzene rings is 2. The Morgan fingerprint density at radius 2 is 1.75 bits per heavy atom. The van der Waals surface area contributed by atoms with Gasteiger partial charge < -0.3 is 0 Å². The minimum atomic E-state index is -3.26. The monoisotopic (exact) mass is 361 g/mol. The molecule has 3 rings (SSSR count). The van der Waals surface area contributed by atoms with Gasteiger partial charge in [0.1, 0.15) is 0 Å². The number of hydrogen-bond donors (Lipinski definition) is 0. The molecule has 0 aromatic heterocycles. The Balaban J connectivity index is 1.70. The molecular weight excluding hydrogens is 338 g/mol. The topological polar surface area (TPSA) is 37.4 Å². The fraction of sp³-hybridized carbons (Fsp3) is 0.368. The highest BCUT2D eigenvalue weighted by atomic mass is 32.2. The fourth-order valence-corrected chi connectivity index (χ4v) is 6.09. The molecule has 1 fully saturated rings. The Kier molecular flexibility index (Phi) is 5.64. The molecule has 0 amide bonds. The lowest BCUT2D eigenvalue weighted by molar-refractivity contribution is 0.427. The van der Waals surface area contributed by atoms with Gasteiger partial charge in [0, 0.05) is 24.1 Å². The van der Waals surface area contributed by atoms with Gasteiger partial charge in [-0.2, -0.15) is 11.8 Å². The van der Waals surface area contributed by atoms with Crippen LogP contribution in [-0.4, -0.2) is 31.6 Å². The first-order valence-corrected chi connectivity index (χ1v) is 10.9. The average molecular weight is 362 g/mol. The number of aryl methyl sites for hydroxylation is 1. The molecule has 1 heterocycles. The second-order valence-corrected chi connectivity index (χ2v) is 9.43. The summed E-state index contributed by atoms with van der Waals surface area (Å²) in [6, 6.07) is 17.8. The summed E-state index contributed by atoms with van der Waals surface area (Å²) in [4.78, 5) is 0. The predicted molar refractivity (Wildman–Crippen MR) is 102 cm³/mol. The van der Waals surface area contributed by atoms with E-state index in [0.29, 0.717) is 18.3 Å². The maximum Gasteiger partial charge on any atom is 0.218 e. The zero-order valence-electron chi connectivity index (χ0n) is 13.9. The number of rotatable bonds is 4. The maximum absolute atomic E-state index is 12.7. The SMILES string of the molecule is Cc1ccccc1C1CCN(S(=O)(=O)Cc2ccccc2)CCS1. The summed E-state index contributed by atoms with van der Waals surface area (Å²) in [5.74, 6) is 0.931. The van der Waals surface area contributed by atoms with E-state index >= 15 is 0 Å². The summed E-state index contributed by atoms with van der Waals surface area (Å²) in [7, 11) is -3.26. The lowest BCUT2D eigenvalue weighted by atomic mass is 10.0. The number of thioether (sulfide) groups is 1. The molecule has 0 bridgehead atoms. The van der Waals surface area contributed by atoms with Gasteiger partial charge in [-0.15, -0.1) is 0 Å². The van der Waals surface area contributed by atoms with Gasteiger partial charge >= 0.3 is 0 Å². The molecule has 2 aromatic carbocycles. The van der Waals surface area contributed by atoms with Crippen LogP contribution < -0.4 is 0 Å². The van der Waals surface area contributed by atoms with Crippen LogP contribution in [0.3, 0.4) is 0 Å². The van der Waals surface area contributed by atoms with Crippen LogP contribution in [0.5, 0.6) is 0 Å². The van der Waals surface area contributed by atoms with Crippen LogP contribution in [0.25, 0.3) is 0 Å². The van der Waals surface area contributed by atoms with Crippen LogP contribution in [0.2, 0.25) is 0 Å². The highest BCUT2D eigenvalue weighted by molar-refractivity contribution is 7.99. The van der Waals surface area contributed by atoms with Gasteiger partial charge in [-0.1, -0.05) is 54.6 Å². The summed E-state index contributed by atoms with van der Waals surface area (Å²) in [6.07, 6.45) is 0.865. The van der Waals surface area contributed by atoms with E-state index in [1.54, 1.807) is 4.31 Å². The van der Waals surface area contributed by atoms with E-state index < -0.39 is 10.0 Å². The van der Waals surface area contributed by atoms with E-state index in [-0.39, 0.29) is 5.75 Å². The van der Waals surface area contributed by atoms with Crippen molar-refractivity contribution in [2.45, 2.75) is 24.3 Å². The number of hydrogen-bond acceptors (Lipinski definition) is 3. The highest BCUT2D eigenvalue weighted by Crippen LogP contribution is 2.36. The minimum Gasteiger partial charge on any atom is -0.212 e. The molecule has 0 N–H and O–H groups in total. The highest BCUT2D eigenvalue weighted by Gasteiger charge is 2.27. The molecule has 0 spiro atoms. The van der Waals surface area contributed by atoms with Crippen molar-refractivity contribution in [3.05, 3.63) is 71.3 Å². The molecule has 2 aromatic rings. The van der Waals surface area contributed by atoms with Gasteiger partial charge in [0.2, 0.25) is 10.0 Å². The quantitative estimate of drug-likeness (QED) is 0.826. The Morgan fingerprint density at radius 3 is 2.50 bits per heavy atom. The molecule has 3 nitrogen and oxygen atoms in total. The zero-order valence-corrected chi connectivity index (χ0v) is 15.5. The predicted octanol–water partition coefficient (Wildman–Crippen LogP) is 4.01. The Labute approximate surface area is 149 Å². The van der Waals surface area contributed by atoms with Crippen LogP contribution in [-0.2, 0) is 15.8 Å². The first-order chi connectivity index (χ1) is 11.6. The average Bonchev–Trinajstić information content (AvgIpc) is 2.82. The van der Waals surface area contributed by atoms with Crippen LogP contribution >= 0.6 is 11.8 Å². The van der Waals surface area contributed by atoms with E-state index in [2.05, 4.69) is 31.2 Å². The normalized spacial score (nSPS) is 19.8. The minimum absolute atomic E-state index is 0.0908. The van der Waals surface area contributed by atoms with Crippen molar-refractivity contribution in [1.29, 1.82) is 0 Å². The van der Waals surface area contributed by atoms with Gasteiger partial charge in [0.15, 0.2) is 0 Å². The van der Waals surface area contributed by atoms with Crippen molar-refractivity contribution >= 4 is 21.8 Å². The molecule has 0 radical (unpaired) electrons. The van der Waals surface area contributed by atoms with Crippen molar-refractivity contribution < 1.29 is 8.42 Å². The van der Waals surface area contributed by atoms with Crippen molar-refractivity contribution in [3.63, 3.8) is 0 Å². The molecule has 1 atom stereocenters. The number of nitrogens with zero attached hydrogens (tertiary/aromatic N) is 1. The fourth-order valence-electron chi connectivity index (χ4n) is 3.10. The summed E-state index contributed by atoms with van der Waals surface area (Å²) in [5, 5.41) is 0.378. The van der Waals surface area contributed by atoms with E-state index in [9.17, 15) is 8.42 Å². The molecule has 0 saturated carbocycles. The molecule has 1 aliphatic rings. The second-order valence-electron chi connectivity index (χ2n) is 6.15. The van der Waals surface area contributed by atoms with E-state index in [1.807, 2.05) is 42.1 Å². The Bertz CT molecular complexity index is 775. The Hall–Kier alpha value is -1.30. The summed E-state index contributed by atoms with van der Waals surface area (Å²) < 4.78 is 27.1. The van der Waals surface area contributed by atoms with Gasteiger partial charge in [-0.25, -0.2) is 12.7 Å². The Morgan fingerprint density at radius 1 is 1.04 bits per heavy atom. The van der Waals surface area contributed by atoms with Crippen LogP contribution in [0.15, 0.2) is 54.6 Å². The molecule has 1 aliphatic heterocycles. The molecule has 1 saturated heterocycles. The molecule has 24 heavy (non-hydrogen) atoms. The standard InChI is InChI=1S/C19H23NO2S2/c1-16-7-5-6-10-18(16)19-11-12-20(13-14-23-19)24(21,22)15-17-8-3-2-4-9-17/h2-10,19H,11-15H2,1H3. The third-order valence-electron chi connectivity index (χ3n) is 4.42. The first-order valence-electron chi connectivity index (χ1n) is 8.25. The van der Waals surface area contributed by atoms with Gasteiger partial charge in [0.05, 0.1) is 5.75 Å². The third kappa shape index (κ3) is 4.21. The number of sulfonamides is 1. The summed E-state index contributed by atoms with van der Waals surface area (Å²) >= 11 is 1.87. The summed E-state index contributed by atoms with van der Waals surface area (Å²) in [5.41, 5.74) is 3.48. The van der Waals surface area contributed by atoms with Crippen LogP contribution in [0, 0.1) is 6.92 Å². The van der Waals surface area contributed by atoms with E-state index in [4.69, 9.17) is 0 Å². The van der Waals surface area contributed by atoms with Gasteiger partial charge in [0.25, 0.3) is 0 Å². The van der Waals surface area contributed by atoms with Crippen molar-refractivity contribution in [1.82, 2.24) is 4.31 Å². The third-order valence-corrected chi connectivity index (χ3v) is 7.58. The molecule has 128 valence electrons. The maximum atomic E-state index is 12.7. The first kappa shape index (κ1) is 17.5. The lowest BCUT2D eigenvalue weighted by Crippen LogP contribution is -2.34. The van der Waals surface area contributed by atoms with Gasteiger partial charge in [-0.3, -0.25) is 0 Å². The van der Waals surface area contributed by atoms with Crippen molar-refractivity contribution in [3.8, 4) is 0 Å². The van der Waals surface area contributed by atoms with E-state index in [0.717, 1.165) is 17.7 Å². The largest absolute Gasteiger partial charge is 0.218 e. The molecule has 1 unspecified atom stereocenters. The zero-order chi connectivity index (χ0) is 17.0. The van der Waals surface area contributed by atoms with Crippen LogP contribution in [0.4, 0.5) is 0 Å². The van der Waals surface area contributed by atoms with Crippen molar-refractivity contribution in [2.24, 2.45) is 0 Å². The second kappa shape index (κ2) is 7.72. The van der Waals surface area contributed by atoms with Crippen molar-refractivity contribution in [2.75, 3.05) is 18.8 Å². The molecular formula is C19H23NO2S2. The lowest BCUT2D eigenvalue weighted by Gasteiger charge is -2.20. The molecule has 5 heteroatoms. The van der Waals surface area contributed by atoms with Crippen LogP contribution in [0.1, 0.15) is 28.4 Å². The van der Waals surface area contributed by atoms with Gasteiger partial charge in [-0.05, 0) is 30.0 Å². The smallest absolute Gasteiger partial charge is 0.212 e. The molecule has 0 aliphatic carbocycles. The van der Waals surface area contributed by atoms with E-state index in [1.165, 1.54) is 11.1 Å². The summed E-state index contributed by atoms with van der Waals surface area (Å²) in [6.45, 7) is 3.33.